The first-order chi connectivity index (χ1) is 16.9. The molecule has 0 radical (unpaired) electrons. The predicted molar refractivity (Wildman–Crippen MR) is 132 cm³/mol. The molecule has 0 saturated carbocycles. The first-order valence-electron chi connectivity index (χ1n) is 10.8. The monoisotopic (exact) mass is 494 g/mol. The van der Waals surface area contributed by atoms with Crippen LogP contribution in [0.15, 0.2) is 66.7 Å². The predicted octanol–water partition coefficient (Wildman–Crippen LogP) is 3.38. The van der Waals surface area contributed by atoms with E-state index in [4.69, 9.17) is 25.8 Å². The van der Waals surface area contributed by atoms with E-state index in [0.29, 0.717) is 27.8 Å². The summed E-state index contributed by atoms with van der Waals surface area (Å²) < 4.78 is 17.5. The molecule has 3 aromatic carbocycles. The molecule has 1 aliphatic heterocycles. The fourth-order valence-corrected chi connectivity index (χ4v) is 4.03. The van der Waals surface area contributed by atoms with E-state index in [9.17, 15) is 9.59 Å². The number of hydrogen-bond donors (Lipinski definition) is 2. The number of halogens is 1. The van der Waals surface area contributed by atoms with E-state index < -0.39 is 12.1 Å². The van der Waals surface area contributed by atoms with Crippen LogP contribution in [0.5, 0.6) is 17.2 Å². The lowest BCUT2D eigenvalue weighted by Crippen LogP contribution is -2.42. The zero-order chi connectivity index (χ0) is 24.9. The molecule has 0 aliphatic carbocycles. The van der Waals surface area contributed by atoms with E-state index in [-0.39, 0.29) is 11.8 Å². The van der Waals surface area contributed by atoms with Gasteiger partial charge in [0.2, 0.25) is 12.3 Å². The first kappa shape index (κ1) is 24.1. The number of hydrazine groups is 1. The van der Waals surface area contributed by atoms with Crippen LogP contribution in [0.1, 0.15) is 27.5 Å². The molecular formula is C26H25ClN3O5+. The molecular weight excluding hydrogens is 470 g/mol. The number of methoxy groups -OCH3 is 3. The molecule has 180 valence electrons. The van der Waals surface area contributed by atoms with Crippen molar-refractivity contribution in [3.05, 3.63) is 88.4 Å². The van der Waals surface area contributed by atoms with Gasteiger partial charge in [0.1, 0.15) is 5.75 Å². The minimum Gasteiger partial charge on any atom is -0.497 e. The van der Waals surface area contributed by atoms with E-state index >= 15 is 0 Å². The van der Waals surface area contributed by atoms with Crippen LogP contribution >= 0.6 is 11.6 Å². The van der Waals surface area contributed by atoms with E-state index in [0.717, 1.165) is 11.1 Å². The molecule has 9 heteroatoms. The summed E-state index contributed by atoms with van der Waals surface area (Å²) in [6.45, 7) is 0. The maximum atomic E-state index is 13.0. The Kier molecular flexibility index (Phi) is 7.22. The van der Waals surface area contributed by atoms with E-state index in [1.54, 1.807) is 80.8 Å². The summed E-state index contributed by atoms with van der Waals surface area (Å²) in [6.07, 6.45) is 1.78. The maximum absolute atomic E-state index is 13.0. The van der Waals surface area contributed by atoms with E-state index in [2.05, 4.69) is 10.7 Å². The third-order valence-corrected chi connectivity index (χ3v) is 5.94. The summed E-state index contributed by atoms with van der Waals surface area (Å²) >= 11 is 6.09. The van der Waals surface area contributed by atoms with Gasteiger partial charge in [-0.2, -0.15) is 0 Å². The molecule has 1 fully saturated rings. The second kappa shape index (κ2) is 10.5. The smallest absolute Gasteiger partial charge is 0.304 e. The van der Waals surface area contributed by atoms with Crippen LogP contribution < -0.4 is 25.0 Å². The molecule has 2 atom stereocenters. The number of carbonyl (C=O) groups excluding carboxylic acids is 2. The second-order valence-electron chi connectivity index (χ2n) is 7.80. The van der Waals surface area contributed by atoms with Crippen molar-refractivity contribution in [3.63, 3.8) is 0 Å². The number of hydrazone groups is 1. The van der Waals surface area contributed by atoms with Crippen molar-refractivity contribution in [2.45, 2.75) is 12.1 Å². The van der Waals surface area contributed by atoms with Gasteiger partial charge >= 0.3 is 5.91 Å². The normalized spacial score (nSPS) is 18.2. The van der Waals surface area contributed by atoms with Gasteiger partial charge in [0.05, 0.1) is 21.3 Å². The fraction of sp³-hybridized carbons (Fsp3) is 0.192. The van der Waals surface area contributed by atoms with Crippen molar-refractivity contribution >= 4 is 29.6 Å². The van der Waals surface area contributed by atoms with Crippen molar-refractivity contribution < 1.29 is 28.5 Å². The molecule has 35 heavy (non-hydrogen) atoms. The van der Waals surface area contributed by atoms with Gasteiger partial charge in [-0.25, -0.2) is 0 Å². The van der Waals surface area contributed by atoms with E-state index in [1.807, 2.05) is 18.2 Å². The van der Waals surface area contributed by atoms with Crippen molar-refractivity contribution in [2.24, 2.45) is 0 Å². The molecule has 1 heterocycles. The Morgan fingerprint density at radius 3 is 2.26 bits per heavy atom. The second-order valence-corrected chi connectivity index (χ2v) is 8.24. The highest BCUT2D eigenvalue weighted by molar-refractivity contribution is 6.30. The molecule has 1 saturated heterocycles. The lowest BCUT2D eigenvalue weighted by molar-refractivity contribution is -0.596. The average Bonchev–Trinajstić information content (AvgIpc) is 3.18. The number of hydrogen-bond acceptors (Lipinski definition) is 5. The highest BCUT2D eigenvalue weighted by atomic mass is 35.5. The van der Waals surface area contributed by atoms with Gasteiger partial charge in [-0.1, -0.05) is 23.7 Å². The van der Waals surface area contributed by atoms with Crippen molar-refractivity contribution in [1.82, 2.24) is 10.7 Å². The van der Waals surface area contributed by atoms with Gasteiger partial charge in [0, 0.05) is 21.7 Å². The molecule has 1 aliphatic rings. The lowest BCUT2D eigenvalue weighted by atomic mass is 9.99. The zero-order valence-electron chi connectivity index (χ0n) is 19.4. The van der Waals surface area contributed by atoms with Crippen LogP contribution in [0.4, 0.5) is 0 Å². The summed E-state index contributed by atoms with van der Waals surface area (Å²) in [4.78, 5) is 26.0. The molecule has 2 N–H and O–H groups in total. The number of nitrogens with one attached hydrogen (secondary N) is 2. The fourth-order valence-electron chi connectivity index (χ4n) is 3.90. The van der Waals surface area contributed by atoms with E-state index in [1.165, 1.54) is 0 Å². The maximum Gasteiger partial charge on any atom is 0.304 e. The molecule has 0 unspecified atom stereocenters. The summed E-state index contributed by atoms with van der Waals surface area (Å²) in [5, 5.41) is 3.44. The summed E-state index contributed by atoms with van der Waals surface area (Å²) in [7, 11) is 4.67. The van der Waals surface area contributed by atoms with Gasteiger partial charge in [-0.05, 0) is 54.6 Å². The number of rotatable bonds is 7. The summed E-state index contributed by atoms with van der Waals surface area (Å²) in [5.41, 5.74) is 4.83. The Balaban J connectivity index is 1.69. The van der Waals surface area contributed by atoms with Crippen LogP contribution in [0, 0.1) is 0 Å². The van der Waals surface area contributed by atoms with Gasteiger partial charge in [0.25, 0.3) is 5.91 Å². The SMILES string of the molecule is COc1ccc(C(=O)N[C@H]2C(=O)N/[N+](=C\c3ccc(OC)c(OC)c3)[C@H]2c2ccc(Cl)cc2)cc1. The van der Waals surface area contributed by atoms with Crippen LogP contribution in [0.3, 0.4) is 0 Å². The van der Waals surface area contributed by atoms with Crippen LogP contribution in [-0.2, 0) is 4.79 Å². The molecule has 2 amide bonds. The third-order valence-electron chi connectivity index (χ3n) is 5.68. The molecule has 0 bridgehead atoms. The average molecular weight is 495 g/mol. The lowest BCUT2D eigenvalue weighted by Gasteiger charge is -2.15. The Bertz CT molecular complexity index is 1260. The van der Waals surface area contributed by atoms with Gasteiger partial charge in [0.15, 0.2) is 17.5 Å². The van der Waals surface area contributed by atoms with Crippen molar-refractivity contribution in [2.75, 3.05) is 21.3 Å². The van der Waals surface area contributed by atoms with Crippen LogP contribution in [0.25, 0.3) is 0 Å². The van der Waals surface area contributed by atoms with Gasteiger partial charge in [-0.15, -0.1) is 10.1 Å². The first-order valence-corrected chi connectivity index (χ1v) is 11.2. The molecule has 0 aromatic heterocycles. The summed E-state index contributed by atoms with van der Waals surface area (Å²) in [5.74, 6) is 1.06. The minimum atomic E-state index is -0.859. The summed E-state index contributed by atoms with van der Waals surface area (Å²) in [6, 6.07) is 17.9. The van der Waals surface area contributed by atoms with Crippen LogP contribution in [0.2, 0.25) is 5.02 Å². The quantitative estimate of drug-likeness (QED) is 0.492. The van der Waals surface area contributed by atoms with Crippen molar-refractivity contribution in [3.8, 4) is 17.2 Å². The van der Waals surface area contributed by atoms with Crippen LogP contribution in [-0.4, -0.2) is 50.1 Å². The minimum absolute atomic E-state index is 0.344. The molecule has 0 spiro atoms. The number of amides is 2. The number of nitrogens with zero attached hydrogens (tertiary/aromatic N) is 1. The Morgan fingerprint density at radius 2 is 1.63 bits per heavy atom. The Hall–Kier alpha value is -4.04. The van der Waals surface area contributed by atoms with Gasteiger partial charge < -0.3 is 19.5 Å². The number of carbonyl (C=O) groups is 2. The molecule has 8 nitrogen and oxygen atoms in total. The highest BCUT2D eigenvalue weighted by Gasteiger charge is 2.47. The van der Waals surface area contributed by atoms with Crippen molar-refractivity contribution in [1.29, 1.82) is 0 Å². The Labute approximate surface area is 208 Å². The largest absolute Gasteiger partial charge is 0.497 e. The third kappa shape index (κ3) is 5.22. The number of ether oxygens (including phenoxy) is 3. The topological polar surface area (TPSA) is 88.9 Å². The zero-order valence-corrected chi connectivity index (χ0v) is 20.2. The standard InChI is InChI=1S/C26H24ClN3O5/c1-33-20-11-7-18(8-12-20)25(31)28-23-24(17-5-9-19(27)10-6-17)30(29-26(23)32)15-16-4-13-21(34-2)22(14-16)35-3/h4-15,23-24H,1-3H3,(H-,28,29,31,32)/p+1/b30-15-/t23-,24+/m1/s1. The highest BCUT2D eigenvalue weighted by Crippen LogP contribution is 2.29. The number of benzene rings is 3. The molecule has 3 aromatic rings. The molecule has 4 rings (SSSR count). The van der Waals surface area contributed by atoms with Gasteiger partial charge in [-0.3, -0.25) is 9.59 Å². The Morgan fingerprint density at radius 1 is 0.943 bits per heavy atom.